The highest BCUT2D eigenvalue weighted by molar-refractivity contribution is 7.96. The van der Waals surface area contributed by atoms with Gasteiger partial charge in [-0.3, -0.25) is 4.79 Å². The monoisotopic (exact) mass is 237 g/mol. The number of amides is 1. The molecule has 0 saturated carbocycles. The van der Waals surface area contributed by atoms with Gasteiger partial charge in [0, 0.05) is 13.6 Å². The molecular weight excluding hydrogens is 218 g/mol. The summed E-state index contributed by atoms with van der Waals surface area (Å²) in [5.41, 5.74) is 2.60. The smallest absolute Gasteiger partial charge is 0.278 e. The van der Waals surface area contributed by atoms with Crippen LogP contribution in [-0.2, 0) is 6.42 Å². The van der Waals surface area contributed by atoms with Gasteiger partial charge in [-0.15, -0.1) is 0 Å². The fourth-order valence-corrected chi connectivity index (χ4v) is 1.56. The van der Waals surface area contributed by atoms with E-state index in [1.807, 2.05) is 0 Å². The van der Waals surface area contributed by atoms with Crippen molar-refractivity contribution in [1.29, 1.82) is 0 Å². The summed E-state index contributed by atoms with van der Waals surface area (Å²) in [4.78, 5) is 12.5. The first-order valence-electron chi connectivity index (χ1n) is 5.53. The molecule has 1 rings (SSSR count). The summed E-state index contributed by atoms with van der Waals surface area (Å²) in [6.07, 6.45) is 0.876. The first-order valence-corrected chi connectivity index (χ1v) is 5.98. The second-order valence-electron chi connectivity index (χ2n) is 4.35. The van der Waals surface area contributed by atoms with Gasteiger partial charge in [0.05, 0.1) is 0 Å². The van der Waals surface area contributed by atoms with Crippen molar-refractivity contribution in [2.45, 2.75) is 26.2 Å². The standard InChI is InChI=1S/C13H19NOS/c1-10(2)12-6-4-11(5-7-12)8-9-14(3)13(15)16/h4-7,10H,8-9H2,1-3H3,(H,15,16). The number of carbonyl (C=O) groups excluding carboxylic acids is 1. The maximum atomic E-state index is 10.9. The minimum atomic E-state index is -0.182. The summed E-state index contributed by atoms with van der Waals surface area (Å²) < 4.78 is 0. The topological polar surface area (TPSA) is 20.3 Å². The average molecular weight is 237 g/mol. The second-order valence-corrected chi connectivity index (χ2v) is 4.73. The van der Waals surface area contributed by atoms with Crippen LogP contribution in [0.4, 0.5) is 4.79 Å². The Morgan fingerprint density at radius 3 is 2.31 bits per heavy atom. The summed E-state index contributed by atoms with van der Waals surface area (Å²) in [7, 11) is 1.76. The Hall–Kier alpha value is -0.960. The highest BCUT2D eigenvalue weighted by Gasteiger charge is 2.03. The number of hydrogen-bond acceptors (Lipinski definition) is 1. The third-order valence-electron chi connectivity index (χ3n) is 2.71. The quantitative estimate of drug-likeness (QED) is 0.796. The zero-order valence-electron chi connectivity index (χ0n) is 10.1. The van der Waals surface area contributed by atoms with Crippen molar-refractivity contribution < 1.29 is 4.79 Å². The van der Waals surface area contributed by atoms with E-state index in [0.29, 0.717) is 12.5 Å². The first kappa shape index (κ1) is 13.1. The maximum Gasteiger partial charge on any atom is 0.278 e. The predicted molar refractivity (Wildman–Crippen MR) is 71.2 cm³/mol. The number of thiol groups is 1. The number of benzene rings is 1. The zero-order chi connectivity index (χ0) is 12.1. The second kappa shape index (κ2) is 5.94. The Kier molecular flexibility index (Phi) is 4.87. The molecule has 16 heavy (non-hydrogen) atoms. The van der Waals surface area contributed by atoms with Gasteiger partial charge in [0.25, 0.3) is 5.24 Å². The molecule has 0 unspecified atom stereocenters. The van der Waals surface area contributed by atoms with Gasteiger partial charge in [-0.1, -0.05) is 50.7 Å². The van der Waals surface area contributed by atoms with Crippen LogP contribution in [0.2, 0.25) is 0 Å². The Balaban J connectivity index is 2.52. The van der Waals surface area contributed by atoms with Gasteiger partial charge in [-0.05, 0) is 23.5 Å². The van der Waals surface area contributed by atoms with Crippen LogP contribution in [0.25, 0.3) is 0 Å². The molecule has 0 aromatic heterocycles. The largest absolute Gasteiger partial charge is 0.337 e. The molecule has 1 aromatic carbocycles. The van der Waals surface area contributed by atoms with Crippen LogP contribution in [0.1, 0.15) is 30.9 Å². The lowest BCUT2D eigenvalue weighted by Crippen LogP contribution is -2.23. The zero-order valence-corrected chi connectivity index (χ0v) is 11.0. The Morgan fingerprint density at radius 1 is 1.31 bits per heavy atom. The molecule has 0 radical (unpaired) electrons. The predicted octanol–water partition coefficient (Wildman–Crippen LogP) is 3.33. The lowest BCUT2D eigenvalue weighted by molar-refractivity contribution is 0.234. The minimum absolute atomic E-state index is 0.182. The molecule has 0 heterocycles. The van der Waals surface area contributed by atoms with Crippen LogP contribution in [0.5, 0.6) is 0 Å². The number of likely N-dealkylation sites (N-methyl/N-ethyl adjacent to an activating group) is 1. The lowest BCUT2D eigenvalue weighted by Gasteiger charge is -2.14. The SMILES string of the molecule is CC(C)c1ccc(CCN(C)C(=O)S)cc1. The van der Waals surface area contributed by atoms with E-state index in [0.717, 1.165) is 6.42 Å². The molecule has 0 saturated heterocycles. The van der Waals surface area contributed by atoms with Gasteiger partial charge < -0.3 is 4.90 Å². The molecule has 0 aliphatic carbocycles. The molecule has 0 N–H and O–H groups in total. The molecule has 88 valence electrons. The molecular formula is C13H19NOS. The van der Waals surface area contributed by atoms with Gasteiger partial charge in [-0.2, -0.15) is 0 Å². The Bertz CT molecular complexity index is 345. The lowest BCUT2D eigenvalue weighted by atomic mass is 10.0. The van der Waals surface area contributed by atoms with Crippen molar-refractivity contribution >= 4 is 17.9 Å². The van der Waals surface area contributed by atoms with E-state index in [1.165, 1.54) is 11.1 Å². The number of carbonyl (C=O) groups is 1. The molecule has 0 aliphatic rings. The van der Waals surface area contributed by atoms with E-state index < -0.39 is 0 Å². The molecule has 1 aromatic rings. The molecule has 0 bridgehead atoms. The van der Waals surface area contributed by atoms with Crippen LogP contribution >= 0.6 is 12.6 Å². The third-order valence-corrected chi connectivity index (χ3v) is 3.05. The van der Waals surface area contributed by atoms with Crippen molar-refractivity contribution in [2.24, 2.45) is 0 Å². The Morgan fingerprint density at radius 2 is 1.88 bits per heavy atom. The number of nitrogens with zero attached hydrogens (tertiary/aromatic N) is 1. The van der Waals surface area contributed by atoms with Crippen LogP contribution in [0.15, 0.2) is 24.3 Å². The molecule has 2 nitrogen and oxygen atoms in total. The van der Waals surface area contributed by atoms with Crippen LogP contribution in [0.3, 0.4) is 0 Å². The third kappa shape index (κ3) is 3.89. The summed E-state index contributed by atoms with van der Waals surface area (Å²) >= 11 is 3.77. The van der Waals surface area contributed by atoms with E-state index in [2.05, 4.69) is 50.7 Å². The normalized spacial score (nSPS) is 10.6. The molecule has 0 fully saturated rings. The van der Waals surface area contributed by atoms with Crippen LogP contribution in [-0.4, -0.2) is 23.7 Å². The van der Waals surface area contributed by atoms with E-state index >= 15 is 0 Å². The van der Waals surface area contributed by atoms with Crippen molar-refractivity contribution in [3.05, 3.63) is 35.4 Å². The Labute approximate surface area is 103 Å². The van der Waals surface area contributed by atoms with E-state index in [-0.39, 0.29) is 5.24 Å². The first-order chi connectivity index (χ1) is 7.50. The van der Waals surface area contributed by atoms with Gasteiger partial charge in [0.1, 0.15) is 0 Å². The number of rotatable bonds is 4. The summed E-state index contributed by atoms with van der Waals surface area (Å²) in [6, 6.07) is 8.57. The summed E-state index contributed by atoms with van der Waals surface area (Å²) in [5, 5.41) is -0.182. The van der Waals surface area contributed by atoms with Gasteiger partial charge in [0.2, 0.25) is 0 Å². The van der Waals surface area contributed by atoms with Crippen molar-refractivity contribution in [3.8, 4) is 0 Å². The van der Waals surface area contributed by atoms with E-state index in [1.54, 1.807) is 11.9 Å². The highest BCUT2D eigenvalue weighted by Crippen LogP contribution is 2.15. The van der Waals surface area contributed by atoms with Crippen LogP contribution in [0, 0.1) is 0 Å². The van der Waals surface area contributed by atoms with E-state index in [4.69, 9.17) is 0 Å². The van der Waals surface area contributed by atoms with Crippen molar-refractivity contribution in [2.75, 3.05) is 13.6 Å². The van der Waals surface area contributed by atoms with E-state index in [9.17, 15) is 4.79 Å². The van der Waals surface area contributed by atoms with Gasteiger partial charge >= 0.3 is 0 Å². The minimum Gasteiger partial charge on any atom is -0.337 e. The van der Waals surface area contributed by atoms with Gasteiger partial charge in [0.15, 0.2) is 0 Å². The number of hydrogen-bond donors (Lipinski definition) is 1. The average Bonchev–Trinajstić information content (AvgIpc) is 2.26. The van der Waals surface area contributed by atoms with Crippen molar-refractivity contribution in [3.63, 3.8) is 0 Å². The fourth-order valence-electron chi connectivity index (χ4n) is 1.46. The fraction of sp³-hybridized carbons (Fsp3) is 0.462. The molecule has 1 amide bonds. The maximum absolute atomic E-state index is 10.9. The van der Waals surface area contributed by atoms with Gasteiger partial charge in [-0.25, -0.2) is 0 Å². The van der Waals surface area contributed by atoms with Crippen molar-refractivity contribution in [1.82, 2.24) is 4.90 Å². The summed E-state index contributed by atoms with van der Waals surface area (Å²) in [6.45, 7) is 5.08. The summed E-state index contributed by atoms with van der Waals surface area (Å²) in [5.74, 6) is 0.566. The molecule has 3 heteroatoms. The molecule has 0 spiro atoms. The molecule has 0 atom stereocenters. The van der Waals surface area contributed by atoms with Crippen LogP contribution < -0.4 is 0 Å². The molecule has 0 aliphatic heterocycles. The highest BCUT2D eigenvalue weighted by atomic mass is 32.1.